The Morgan fingerprint density at radius 2 is 0.741 bits per heavy atom. The van der Waals surface area contributed by atoms with E-state index < -0.39 is 54.6 Å². The molecule has 0 aliphatic carbocycles. The first-order chi connectivity index (χ1) is 11.4. The molecule has 0 spiro atoms. The molecule has 0 amide bonds. The molecule has 164 valence electrons. The van der Waals surface area contributed by atoms with Crippen molar-refractivity contribution in [2.24, 2.45) is 0 Å². The SMILES string of the molecule is FC(F)(F)C(F)(F)F.FC/C(=C(/F)C(F)(C(F)(F)F)C(F)(F)F)C(F)(F)F. The van der Waals surface area contributed by atoms with E-state index in [1.165, 1.54) is 0 Å². The van der Waals surface area contributed by atoms with Crippen LogP contribution in [0.1, 0.15) is 0 Å². The summed E-state index contributed by atoms with van der Waals surface area (Å²) in [6.07, 6.45) is -32.5. The van der Waals surface area contributed by atoms with E-state index in [2.05, 4.69) is 0 Å². The van der Waals surface area contributed by atoms with Crippen molar-refractivity contribution in [3.05, 3.63) is 11.4 Å². The van der Waals surface area contributed by atoms with Crippen LogP contribution >= 0.6 is 0 Å². The van der Waals surface area contributed by atoms with Gasteiger partial charge in [-0.3, -0.25) is 0 Å². The van der Waals surface area contributed by atoms with Crippen LogP contribution < -0.4 is 0 Å². The molecular formula is C9H2F18. The molecule has 0 aromatic carbocycles. The van der Waals surface area contributed by atoms with Gasteiger partial charge in [0.15, 0.2) is 5.83 Å². The first kappa shape index (κ1) is 27.7. The summed E-state index contributed by atoms with van der Waals surface area (Å²) in [5, 5.41) is 0. The van der Waals surface area contributed by atoms with Gasteiger partial charge in [0.1, 0.15) is 6.67 Å². The highest BCUT2D eigenvalue weighted by Crippen LogP contribution is 2.53. The van der Waals surface area contributed by atoms with Crippen LogP contribution in [-0.2, 0) is 0 Å². The van der Waals surface area contributed by atoms with E-state index in [4.69, 9.17) is 0 Å². The smallest absolute Gasteiger partial charge is 0.246 e. The van der Waals surface area contributed by atoms with Crippen LogP contribution in [0.5, 0.6) is 0 Å². The molecule has 0 N–H and O–H groups in total. The molecule has 0 saturated heterocycles. The fourth-order valence-electron chi connectivity index (χ4n) is 0.876. The van der Waals surface area contributed by atoms with Crippen molar-refractivity contribution in [2.75, 3.05) is 6.67 Å². The predicted molar refractivity (Wildman–Crippen MR) is 48.2 cm³/mol. The van der Waals surface area contributed by atoms with Gasteiger partial charge in [0, 0.05) is 0 Å². The molecule has 0 aromatic rings. The molecule has 27 heavy (non-hydrogen) atoms. The van der Waals surface area contributed by atoms with Gasteiger partial charge in [0.25, 0.3) is 0 Å². The number of hydrogen-bond acceptors (Lipinski definition) is 0. The summed E-state index contributed by atoms with van der Waals surface area (Å²) in [7, 11) is 0. The van der Waals surface area contributed by atoms with Crippen LogP contribution in [0.15, 0.2) is 11.4 Å². The summed E-state index contributed by atoms with van der Waals surface area (Å²) in [4.78, 5) is 0. The van der Waals surface area contributed by atoms with Crippen LogP contribution in [0.25, 0.3) is 0 Å². The molecular weight excluding hydrogens is 450 g/mol. The van der Waals surface area contributed by atoms with E-state index in [1.54, 1.807) is 0 Å². The number of rotatable bonds is 2. The first-order valence-corrected chi connectivity index (χ1v) is 5.33. The minimum absolute atomic E-state index is 3.09. The molecule has 0 fully saturated rings. The van der Waals surface area contributed by atoms with Crippen LogP contribution in [0.4, 0.5) is 79.0 Å². The Balaban J connectivity index is 0. The van der Waals surface area contributed by atoms with Gasteiger partial charge in [0.2, 0.25) is 0 Å². The van der Waals surface area contributed by atoms with Gasteiger partial charge in [-0.05, 0) is 0 Å². The Kier molecular flexibility index (Phi) is 8.05. The highest BCUT2D eigenvalue weighted by Gasteiger charge is 2.76. The van der Waals surface area contributed by atoms with Gasteiger partial charge in [-0.25, -0.2) is 13.2 Å². The quantitative estimate of drug-likeness (QED) is 0.410. The van der Waals surface area contributed by atoms with Crippen molar-refractivity contribution in [2.45, 2.75) is 36.6 Å². The Bertz CT molecular complexity index is 477. The molecule has 0 rings (SSSR count). The normalized spacial score (nSPS) is 15.8. The van der Waals surface area contributed by atoms with Crippen molar-refractivity contribution in [3.63, 3.8) is 0 Å². The molecule has 0 radical (unpaired) electrons. The Morgan fingerprint density at radius 3 is 0.852 bits per heavy atom. The lowest BCUT2D eigenvalue weighted by Gasteiger charge is -2.29. The van der Waals surface area contributed by atoms with Gasteiger partial charge < -0.3 is 0 Å². The summed E-state index contributed by atoms with van der Waals surface area (Å²) >= 11 is 0. The first-order valence-electron chi connectivity index (χ1n) is 5.33. The van der Waals surface area contributed by atoms with Crippen molar-refractivity contribution in [1.82, 2.24) is 0 Å². The van der Waals surface area contributed by atoms with Crippen molar-refractivity contribution >= 4 is 0 Å². The van der Waals surface area contributed by atoms with E-state index in [0.717, 1.165) is 0 Å². The second-order valence-corrected chi connectivity index (χ2v) is 4.07. The number of halogens is 18. The lowest BCUT2D eigenvalue weighted by molar-refractivity contribution is -0.339. The van der Waals surface area contributed by atoms with Gasteiger partial charge >= 0.3 is 36.6 Å². The van der Waals surface area contributed by atoms with Crippen molar-refractivity contribution < 1.29 is 79.0 Å². The summed E-state index contributed by atoms with van der Waals surface area (Å²) in [6.45, 7) is -3.09. The van der Waals surface area contributed by atoms with E-state index in [9.17, 15) is 79.0 Å². The molecule has 0 aliphatic rings. The van der Waals surface area contributed by atoms with Crippen LogP contribution in [0.2, 0.25) is 0 Å². The highest BCUT2D eigenvalue weighted by atomic mass is 19.5. The average molecular weight is 452 g/mol. The maximum Gasteiger partial charge on any atom is 0.487 e. The summed E-state index contributed by atoms with van der Waals surface area (Å²) in [5.74, 6) is -4.32. The standard InChI is InChI=1S/C7H2F12.C2F6/c8-1-2(5(11,12)13)3(9)4(10,6(14,15)16)7(17,18)19;3-1(4,5)2(6,7)8/h1H2;/b3-2-;. The minimum atomic E-state index is -7.08. The summed E-state index contributed by atoms with van der Waals surface area (Å²) in [6, 6.07) is 0. The highest BCUT2D eigenvalue weighted by molar-refractivity contribution is 5.27. The minimum Gasteiger partial charge on any atom is -0.246 e. The van der Waals surface area contributed by atoms with Crippen molar-refractivity contribution in [1.29, 1.82) is 0 Å². The number of allylic oxidation sites excluding steroid dienone is 2. The zero-order valence-corrected chi connectivity index (χ0v) is 11.5. The molecule has 0 atom stereocenters. The fourth-order valence-corrected chi connectivity index (χ4v) is 0.876. The summed E-state index contributed by atoms with van der Waals surface area (Å²) in [5.41, 5.74) is -10.5. The average Bonchev–Trinajstić information content (AvgIpc) is 2.31. The van der Waals surface area contributed by atoms with Crippen LogP contribution in [0.3, 0.4) is 0 Å². The van der Waals surface area contributed by atoms with Gasteiger partial charge in [-0.15, -0.1) is 0 Å². The Morgan fingerprint density at radius 1 is 0.481 bits per heavy atom. The fraction of sp³-hybridized carbons (Fsp3) is 0.778. The molecule has 0 unspecified atom stereocenters. The maximum absolute atomic E-state index is 12.8. The topological polar surface area (TPSA) is 0 Å². The van der Waals surface area contributed by atoms with Crippen LogP contribution in [-0.4, -0.2) is 43.2 Å². The predicted octanol–water partition coefficient (Wildman–Crippen LogP) is 6.69. The second-order valence-electron chi connectivity index (χ2n) is 4.07. The molecule has 0 aliphatic heterocycles. The molecule has 0 nitrogen and oxygen atoms in total. The lowest BCUT2D eigenvalue weighted by atomic mass is 9.99. The van der Waals surface area contributed by atoms with E-state index in [0.29, 0.717) is 0 Å². The van der Waals surface area contributed by atoms with Crippen LogP contribution in [0, 0.1) is 0 Å². The molecule has 0 saturated carbocycles. The maximum atomic E-state index is 12.8. The Labute approximate surface area is 135 Å². The third-order valence-corrected chi connectivity index (χ3v) is 2.15. The number of hydrogen-bond donors (Lipinski definition) is 0. The second kappa shape index (κ2) is 7.84. The number of alkyl halides is 17. The van der Waals surface area contributed by atoms with Gasteiger partial charge in [0.05, 0.1) is 5.57 Å². The monoisotopic (exact) mass is 452 g/mol. The molecule has 0 aromatic heterocycles. The van der Waals surface area contributed by atoms with E-state index in [1.807, 2.05) is 0 Å². The molecule has 0 bridgehead atoms. The molecule has 0 heterocycles. The largest absolute Gasteiger partial charge is 0.487 e. The van der Waals surface area contributed by atoms with Gasteiger partial charge in [-0.2, -0.15) is 65.9 Å². The van der Waals surface area contributed by atoms with Gasteiger partial charge in [-0.1, -0.05) is 0 Å². The lowest BCUT2D eigenvalue weighted by Crippen LogP contribution is -2.54. The third kappa shape index (κ3) is 6.54. The zero-order valence-electron chi connectivity index (χ0n) is 11.5. The van der Waals surface area contributed by atoms with E-state index in [-0.39, 0.29) is 0 Å². The van der Waals surface area contributed by atoms with Crippen molar-refractivity contribution in [3.8, 4) is 0 Å². The molecule has 18 heteroatoms. The zero-order chi connectivity index (χ0) is 22.9. The Hall–Kier alpha value is -1.52. The summed E-state index contributed by atoms with van der Waals surface area (Å²) < 4.78 is 207. The third-order valence-electron chi connectivity index (χ3n) is 2.15. The van der Waals surface area contributed by atoms with E-state index >= 15 is 0 Å².